The highest BCUT2D eigenvalue weighted by molar-refractivity contribution is 6.03. The van der Waals surface area contributed by atoms with Gasteiger partial charge >= 0.3 is 36.2 Å². The van der Waals surface area contributed by atoms with Crippen molar-refractivity contribution in [2.24, 2.45) is 0 Å². The Morgan fingerprint density at radius 3 is 0.911 bits per heavy atom. The topological polar surface area (TPSA) is 149 Å². The van der Waals surface area contributed by atoms with Crippen LogP contribution < -0.4 is 0 Å². The van der Waals surface area contributed by atoms with E-state index in [4.69, 9.17) is 0 Å². The molecule has 45 heavy (non-hydrogen) atoms. The summed E-state index contributed by atoms with van der Waals surface area (Å²) in [6, 6.07) is 12.0. The highest BCUT2D eigenvalue weighted by Gasteiger charge is 2.72. The van der Waals surface area contributed by atoms with Gasteiger partial charge in [-0.15, -0.1) is 0 Å². The molecule has 0 aliphatic rings. The van der Waals surface area contributed by atoms with Crippen LogP contribution in [0.3, 0.4) is 0 Å². The highest BCUT2D eigenvalue weighted by Crippen LogP contribution is 2.56. The Hall–Kier alpha value is -5.66. The molecule has 0 aliphatic heterocycles. The van der Waals surface area contributed by atoms with Crippen LogP contribution in [0.1, 0.15) is 52.6 Å². The normalized spacial score (nSPS) is 12.0. The van der Waals surface area contributed by atoms with Crippen LogP contribution >= 0.6 is 0 Å². The first-order valence-electron chi connectivity index (χ1n) is 12.5. The lowest BCUT2D eigenvalue weighted by atomic mass is 9.72. The van der Waals surface area contributed by atoms with E-state index in [1.165, 1.54) is 0 Å². The number of hydrogen-bond acceptors (Lipinski definition) is 4. The second kappa shape index (κ2) is 11.4. The summed E-state index contributed by atoms with van der Waals surface area (Å²) in [4.78, 5) is 45.6. The van der Waals surface area contributed by atoms with E-state index in [-0.39, 0.29) is 22.3 Å². The van der Waals surface area contributed by atoms with Crippen molar-refractivity contribution >= 4 is 23.9 Å². The number of rotatable bonds is 8. The van der Waals surface area contributed by atoms with Gasteiger partial charge in [0, 0.05) is 0 Å². The number of alkyl halides is 6. The molecule has 0 aliphatic carbocycles. The van der Waals surface area contributed by atoms with Crippen molar-refractivity contribution in [2.75, 3.05) is 0 Å². The van der Waals surface area contributed by atoms with Crippen LogP contribution in [0.2, 0.25) is 0 Å². The lowest BCUT2D eigenvalue weighted by molar-refractivity contribution is -0.288. The predicted octanol–water partition coefficient (Wildman–Crippen LogP) is 7.22. The van der Waals surface area contributed by atoms with E-state index in [0.717, 1.165) is 60.7 Å². The minimum atomic E-state index is -5.94. The summed E-state index contributed by atoms with van der Waals surface area (Å²) in [7, 11) is 0. The van der Waals surface area contributed by atoms with Gasteiger partial charge in [-0.25, -0.2) is 19.2 Å². The quantitative estimate of drug-likeness (QED) is 0.149. The molecule has 4 rings (SSSR count). The standard InChI is InChI=1S/C31H18F6O8/c32-30(33,34)29(31(35,36)37,19-7-1-15(2-8-19)17-5-11-21(25(38)39)23(13-17)27(42)43)20-9-3-16(4-10-20)18-6-12-22(26(40)41)24(14-18)28(44)45/h1-14H,(H,38,39)(H,40,41)(H,42,43)(H,44,45). The minimum Gasteiger partial charge on any atom is -0.478 e. The summed E-state index contributed by atoms with van der Waals surface area (Å²) >= 11 is 0. The molecule has 0 unspecified atom stereocenters. The summed E-state index contributed by atoms with van der Waals surface area (Å²) in [5.74, 6) is -6.33. The molecule has 0 heterocycles. The summed E-state index contributed by atoms with van der Waals surface area (Å²) in [6.45, 7) is 0. The van der Waals surface area contributed by atoms with Crippen molar-refractivity contribution in [3.63, 3.8) is 0 Å². The third-order valence-electron chi connectivity index (χ3n) is 7.11. The van der Waals surface area contributed by atoms with Crippen LogP contribution in [-0.2, 0) is 5.41 Å². The first kappa shape index (κ1) is 32.3. The first-order valence-corrected chi connectivity index (χ1v) is 12.5. The van der Waals surface area contributed by atoms with Gasteiger partial charge in [0.05, 0.1) is 22.3 Å². The Morgan fingerprint density at radius 1 is 0.400 bits per heavy atom. The fourth-order valence-electron chi connectivity index (χ4n) is 4.98. The average molecular weight is 632 g/mol. The van der Waals surface area contributed by atoms with Crippen molar-refractivity contribution in [2.45, 2.75) is 17.8 Å². The second-order valence-corrected chi connectivity index (χ2v) is 9.64. The summed E-state index contributed by atoms with van der Waals surface area (Å²) < 4.78 is 87.9. The molecule has 0 aromatic heterocycles. The molecule has 0 amide bonds. The van der Waals surface area contributed by atoms with Crippen molar-refractivity contribution in [1.82, 2.24) is 0 Å². The van der Waals surface area contributed by atoms with Gasteiger partial charge in [0.1, 0.15) is 0 Å². The molecule has 4 aromatic rings. The Bertz CT molecular complexity index is 1690. The second-order valence-electron chi connectivity index (χ2n) is 9.64. The molecule has 232 valence electrons. The third kappa shape index (κ3) is 5.69. The van der Waals surface area contributed by atoms with Gasteiger partial charge in [-0.1, -0.05) is 60.7 Å². The van der Waals surface area contributed by atoms with Crippen LogP contribution in [0.15, 0.2) is 84.9 Å². The fourth-order valence-corrected chi connectivity index (χ4v) is 4.98. The van der Waals surface area contributed by atoms with Crippen LogP contribution in [0.4, 0.5) is 26.3 Å². The summed E-state index contributed by atoms with van der Waals surface area (Å²) in [6.07, 6.45) is -11.9. The van der Waals surface area contributed by atoms with Gasteiger partial charge in [-0.2, -0.15) is 26.3 Å². The van der Waals surface area contributed by atoms with Crippen LogP contribution in [-0.4, -0.2) is 56.7 Å². The van der Waals surface area contributed by atoms with E-state index in [9.17, 15) is 65.9 Å². The van der Waals surface area contributed by atoms with Crippen molar-refractivity contribution in [3.05, 3.63) is 118 Å². The SMILES string of the molecule is O=C(O)c1ccc(-c2ccc(C(c3ccc(-c4ccc(C(=O)O)c(C(=O)O)c4)cc3)(C(F)(F)F)C(F)(F)F)cc2)cc1C(=O)O. The van der Waals surface area contributed by atoms with Gasteiger partial charge in [-0.3, -0.25) is 0 Å². The van der Waals surface area contributed by atoms with Gasteiger partial charge in [0.2, 0.25) is 5.41 Å². The van der Waals surface area contributed by atoms with E-state index >= 15 is 0 Å². The molecular weight excluding hydrogens is 614 g/mol. The minimum absolute atomic E-state index is 0.00540. The molecule has 4 aromatic carbocycles. The average Bonchev–Trinajstić information content (AvgIpc) is 2.96. The maximum atomic E-state index is 14.7. The number of aromatic carboxylic acids is 4. The maximum absolute atomic E-state index is 14.7. The zero-order valence-corrected chi connectivity index (χ0v) is 22.3. The Balaban J connectivity index is 1.84. The van der Waals surface area contributed by atoms with Crippen molar-refractivity contribution in [1.29, 1.82) is 0 Å². The largest absolute Gasteiger partial charge is 0.478 e. The molecule has 0 spiro atoms. The molecule has 0 radical (unpaired) electrons. The van der Waals surface area contributed by atoms with E-state index in [1.54, 1.807) is 0 Å². The first-order chi connectivity index (χ1) is 20.9. The predicted molar refractivity (Wildman–Crippen MR) is 144 cm³/mol. The number of carboxylic acid groups (broad SMARTS) is 4. The molecule has 4 N–H and O–H groups in total. The third-order valence-corrected chi connectivity index (χ3v) is 7.11. The van der Waals surface area contributed by atoms with Crippen LogP contribution in [0.5, 0.6) is 0 Å². The van der Waals surface area contributed by atoms with Gasteiger partial charge in [0.25, 0.3) is 0 Å². The summed E-state index contributed by atoms with van der Waals surface area (Å²) in [5.41, 5.74) is -9.37. The zero-order chi connectivity index (χ0) is 33.5. The van der Waals surface area contributed by atoms with Crippen molar-refractivity contribution in [3.8, 4) is 22.3 Å². The van der Waals surface area contributed by atoms with E-state index in [1.807, 2.05) is 0 Å². The maximum Gasteiger partial charge on any atom is 0.411 e. The number of hydrogen-bond donors (Lipinski definition) is 4. The number of benzene rings is 4. The zero-order valence-electron chi connectivity index (χ0n) is 22.3. The van der Waals surface area contributed by atoms with Gasteiger partial charge in [0.15, 0.2) is 0 Å². The molecule has 0 bridgehead atoms. The molecule has 0 fully saturated rings. The van der Waals surface area contributed by atoms with Crippen LogP contribution in [0.25, 0.3) is 22.3 Å². The lowest BCUT2D eigenvalue weighted by Crippen LogP contribution is -2.54. The lowest BCUT2D eigenvalue weighted by Gasteiger charge is -2.38. The van der Waals surface area contributed by atoms with Crippen molar-refractivity contribution < 1.29 is 65.9 Å². The van der Waals surface area contributed by atoms with E-state index < -0.39 is 75.0 Å². The molecule has 0 atom stereocenters. The molecule has 0 saturated carbocycles. The Morgan fingerprint density at radius 2 is 0.667 bits per heavy atom. The van der Waals surface area contributed by atoms with Gasteiger partial charge in [-0.05, 0) is 57.6 Å². The Labute approximate surface area is 248 Å². The van der Waals surface area contributed by atoms with E-state index in [2.05, 4.69) is 0 Å². The fraction of sp³-hybridized carbons (Fsp3) is 0.0968. The highest BCUT2D eigenvalue weighted by atomic mass is 19.4. The summed E-state index contributed by atoms with van der Waals surface area (Å²) in [5, 5.41) is 37.1. The number of carbonyl (C=O) groups is 4. The molecule has 0 saturated heterocycles. The number of halogens is 6. The van der Waals surface area contributed by atoms with Gasteiger partial charge < -0.3 is 20.4 Å². The molecule has 8 nitrogen and oxygen atoms in total. The number of carboxylic acids is 4. The monoisotopic (exact) mass is 632 g/mol. The Kier molecular flexibility index (Phi) is 8.20. The molecule has 14 heteroatoms. The van der Waals surface area contributed by atoms with Crippen LogP contribution in [0, 0.1) is 0 Å². The smallest absolute Gasteiger partial charge is 0.411 e. The molecular formula is C31H18F6O8. The van der Waals surface area contributed by atoms with E-state index in [0.29, 0.717) is 24.3 Å².